The average molecular weight is 378 g/mol. The Balaban J connectivity index is 2.01. The Hall–Kier alpha value is -3.53. The van der Waals surface area contributed by atoms with Crippen molar-refractivity contribution in [3.8, 4) is 11.8 Å². The molecular weight excluding hydrogens is 356 g/mol. The number of aliphatic imine (C=N–C) groups is 1. The van der Waals surface area contributed by atoms with Crippen LogP contribution in [0, 0.1) is 11.3 Å². The summed E-state index contributed by atoms with van der Waals surface area (Å²) in [6.45, 7) is 2.90. The highest BCUT2D eigenvalue weighted by Crippen LogP contribution is 2.35. The van der Waals surface area contributed by atoms with Gasteiger partial charge < -0.3 is 15.2 Å². The summed E-state index contributed by atoms with van der Waals surface area (Å²) in [5, 5.41) is 21.8. The zero-order valence-electron chi connectivity index (χ0n) is 15.7. The van der Waals surface area contributed by atoms with Crippen molar-refractivity contribution in [3.63, 3.8) is 0 Å². The van der Waals surface area contributed by atoms with Crippen LogP contribution in [0.1, 0.15) is 26.2 Å². The molecule has 144 valence electrons. The number of anilines is 1. The standard InChI is InChI=1S/C21H22N4O3/c1-15(9-10-22)13-28-19-8-3-2-7-18(19)25-14-23-12-16(21(26)27)20(25)17-6-4-5-11-24-17/h2-3,7-9,12,14,24H,4-6,11,13H2,1H3,(H,26,27)/b15-9+,20-17+. The van der Waals surface area contributed by atoms with Gasteiger partial charge in [-0.1, -0.05) is 12.1 Å². The fourth-order valence-electron chi connectivity index (χ4n) is 3.15. The van der Waals surface area contributed by atoms with Crippen LogP contribution in [0.2, 0.25) is 0 Å². The van der Waals surface area contributed by atoms with Crippen LogP contribution in [0.5, 0.6) is 5.75 Å². The van der Waals surface area contributed by atoms with Crippen molar-refractivity contribution in [2.24, 2.45) is 4.99 Å². The first-order valence-electron chi connectivity index (χ1n) is 9.12. The molecule has 0 bridgehead atoms. The van der Waals surface area contributed by atoms with Crippen molar-refractivity contribution in [2.45, 2.75) is 26.2 Å². The molecular formula is C21H22N4O3. The molecule has 1 fully saturated rings. The third kappa shape index (κ3) is 4.23. The number of nitrogens with zero attached hydrogens (tertiary/aromatic N) is 3. The van der Waals surface area contributed by atoms with Crippen LogP contribution in [0.3, 0.4) is 0 Å². The van der Waals surface area contributed by atoms with E-state index in [9.17, 15) is 9.90 Å². The SMILES string of the molecule is C/C(=C\C#N)COc1ccccc1N1C=NC=C(C(=O)O)/C1=C1/CCCCN1. The van der Waals surface area contributed by atoms with E-state index in [1.807, 2.05) is 37.3 Å². The number of aliphatic carboxylic acids is 1. The average Bonchev–Trinajstić information content (AvgIpc) is 2.72. The van der Waals surface area contributed by atoms with Gasteiger partial charge in [-0.2, -0.15) is 5.26 Å². The van der Waals surface area contributed by atoms with Gasteiger partial charge in [0.1, 0.15) is 17.9 Å². The molecule has 2 heterocycles. The van der Waals surface area contributed by atoms with E-state index in [-0.39, 0.29) is 12.2 Å². The van der Waals surface area contributed by atoms with Gasteiger partial charge in [-0.15, -0.1) is 0 Å². The quantitative estimate of drug-likeness (QED) is 0.763. The maximum Gasteiger partial charge on any atom is 0.339 e. The highest BCUT2D eigenvalue weighted by molar-refractivity contribution is 6.00. The summed E-state index contributed by atoms with van der Waals surface area (Å²) in [7, 11) is 0. The summed E-state index contributed by atoms with van der Waals surface area (Å²) >= 11 is 0. The molecule has 2 aliphatic heterocycles. The van der Waals surface area contributed by atoms with Gasteiger partial charge in [0.05, 0.1) is 23.8 Å². The Kier molecular flexibility index (Phi) is 6.12. The number of carbonyl (C=O) groups is 1. The predicted octanol–water partition coefficient (Wildman–Crippen LogP) is 3.34. The van der Waals surface area contributed by atoms with Crippen molar-refractivity contribution < 1.29 is 14.6 Å². The molecule has 1 aromatic rings. The molecule has 2 aliphatic rings. The minimum Gasteiger partial charge on any atom is -0.487 e. The minimum atomic E-state index is -1.03. The number of nitriles is 1. The molecule has 0 spiro atoms. The Bertz CT molecular complexity index is 914. The molecule has 0 amide bonds. The van der Waals surface area contributed by atoms with E-state index in [1.165, 1.54) is 12.3 Å². The molecule has 1 aromatic carbocycles. The van der Waals surface area contributed by atoms with E-state index in [4.69, 9.17) is 10.00 Å². The topological polar surface area (TPSA) is 98.0 Å². The summed E-state index contributed by atoms with van der Waals surface area (Å²) < 4.78 is 5.90. The number of hydrogen-bond donors (Lipinski definition) is 2. The summed E-state index contributed by atoms with van der Waals surface area (Å²) in [4.78, 5) is 17.8. The lowest BCUT2D eigenvalue weighted by molar-refractivity contribution is -0.132. The summed E-state index contributed by atoms with van der Waals surface area (Å²) in [6, 6.07) is 9.38. The maximum atomic E-state index is 11.9. The molecule has 0 radical (unpaired) electrons. The number of carboxylic acids is 1. The summed E-state index contributed by atoms with van der Waals surface area (Å²) in [5.41, 5.74) is 3.10. The van der Waals surface area contributed by atoms with Crippen LogP contribution in [-0.4, -0.2) is 30.6 Å². The van der Waals surface area contributed by atoms with Crippen LogP contribution >= 0.6 is 0 Å². The molecule has 0 saturated carbocycles. The lowest BCUT2D eigenvalue weighted by atomic mass is 10.0. The number of benzene rings is 1. The molecule has 2 N–H and O–H groups in total. The molecule has 0 unspecified atom stereocenters. The summed E-state index contributed by atoms with van der Waals surface area (Å²) in [5.74, 6) is -0.442. The van der Waals surface area contributed by atoms with Crippen LogP contribution < -0.4 is 15.0 Å². The van der Waals surface area contributed by atoms with Gasteiger partial charge in [-0.25, -0.2) is 9.79 Å². The smallest absolute Gasteiger partial charge is 0.339 e. The highest BCUT2D eigenvalue weighted by Gasteiger charge is 2.28. The Morgan fingerprint density at radius 3 is 2.96 bits per heavy atom. The summed E-state index contributed by atoms with van der Waals surface area (Å²) in [6.07, 6.45) is 7.25. The molecule has 1 saturated heterocycles. The van der Waals surface area contributed by atoms with Crippen molar-refractivity contribution in [2.75, 3.05) is 18.1 Å². The number of hydrogen-bond acceptors (Lipinski definition) is 6. The van der Waals surface area contributed by atoms with Gasteiger partial charge in [0, 0.05) is 24.5 Å². The number of allylic oxidation sites excluding steroid dienone is 2. The van der Waals surface area contributed by atoms with Crippen LogP contribution in [0.25, 0.3) is 0 Å². The van der Waals surface area contributed by atoms with E-state index in [2.05, 4.69) is 10.3 Å². The molecule has 28 heavy (non-hydrogen) atoms. The second kappa shape index (κ2) is 8.91. The highest BCUT2D eigenvalue weighted by atomic mass is 16.5. The van der Waals surface area contributed by atoms with Gasteiger partial charge in [-0.05, 0) is 43.9 Å². The van der Waals surface area contributed by atoms with Gasteiger partial charge in [-0.3, -0.25) is 4.90 Å². The van der Waals surface area contributed by atoms with Crippen molar-refractivity contribution >= 4 is 18.0 Å². The second-order valence-corrected chi connectivity index (χ2v) is 6.57. The van der Waals surface area contributed by atoms with E-state index < -0.39 is 5.97 Å². The number of rotatable bonds is 5. The normalized spacial score (nSPS) is 19.5. The Morgan fingerprint density at radius 2 is 2.25 bits per heavy atom. The molecule has 7 heteroatoms. The zero-order valence-corrected chi connectivity index (χ0v) is 15.7. The molecule has 7 nitrogen and oxygen atoms in total. The first-order valence-corrected chi connectivity index (χ1v) is 9.12. The van der Waals surface area contributed by atoms with Gasteiger partial charge in [0.25, 0.3) is 0 Å². The van der Waals surface area contributed by atoms with E-state index in [0.717, 1.165) is 37.1 Å². The number of nitrogens with one attached hydrogen (secondary N) is 1. The third-order valence-corrected chi connectivity index (χ3v) is 4.48. The van der Waals surface area contributed by atoms with Gasteiger partial charge in [0.15, 0.2) is 0 Å². The lowest BCUT2D eigenvalue weighted by Crippen LogP contribution is -2.33. The van der Waals surface area contributed by atoms with E-state index in [0.29, 0.717) is 17.1 Å². The molecule has 3 rings (SSSR count). The lowest BCUT2D eigenvalue weighted by Gasteiger charge is -2.31. The fourth-order valence-corrected chi connectivity index (χ4v) is 3.15. The van der Waals surface area contributed by atoms with Gasteiger partial charge in [0.2, 0.25) is 0 Å². The fraction of sp³-hybridized carbons (Fsp3) is 0.286. The number of carboxylic acid groups (broad SMARTS) is 1. The van der Waals surface area contributed by atoms with Crippen molar-refractivity contribution in [1.29, 1.82) is 5.26 Å². The minimum absolute atomic E-state index is 0.141. The van der Waals surface area contributed by atoms with Gasteiger partial charge >= 0.3 is 5.97 Å². The first kappa shape index (κ1) is 19.2. The largest absolute Gasteiger partial charge is 0.487 e. The zero-order chi connectivity index (χ0) is 19.9. The predicted molar refractivity (Wildman–Crippen MR) is 107 cm³/mol. The monoisotopic (exact) mass is 378 g/mol. The van der Waals surface area contributed by atoms with Crippen molar-refractivity contribution in [1.82, 2.24) is 5.32 Å². The number of piperidine rings is 1. The number of para-hydroxylation sites is 2. The molecule has 0 atom stereocenters. The van der Waals surface area contributed by atoms with Crippen LogP contribution in [0.15, 0.2) is 64.1 Å². The van der Waals surface area contributed by atoms with Crippen LogP contribution in [-0.2, 0) is 4.79 Å². The Labute approximate surface area is 163 Å². The van der Waals surface area contributed by atoms with E-state index >= 15 is 0 Å². The maximum absolute atomic E-state index is 11.9. The van der Waals surface area contributed by atoms with E-state index in [1.54, 1.807) is 11.2 Å². The molecule has 0 aromatic heterocycles. The first-order chi connectivity index (χ1) is 13.6. The third-order valence-electron chi connectivity index (χ3n) is 4.48. The second-order valence-electron chi connectivity index (χ2n) is 6.57. The number of ether oxygens (including phenoxy) is 1. The Morgan fingerprint density at radius 1 is 1.43 bits per heavy atom. The van der Waals surface area contributed by atoms with Crippen LogP contribution in [0.4, 0.5) is 5.69 Å². The molecule has 0 aliphatic carbocycles. The van der Waals surface area contributed by atoms with Crippen molar-refractivity contribution in [3.05, 3.63) is 59.1 Å².